The fraction of sp³-hybridized carbons (Fsp3) is 0.818. The fourth-order valence-corrected chi connectivity index (χ4v) is 2.18. The average Bonchev–Trinajstić information content (AvgIpc) is 3.06. The number of amides is 2. The van der Waals surface area contributed by atoms with Crippen LogP contribution in [0.1, 0.15) is 19.8 Å². The van der Waals surface area contributed by atoms with E-state index in [4.69, 9.17) is 5.11 Å². The molecule has 0 aromatic heterocycles. The van der Waals surface area contributed by atoms with E-state index in [2.05, 4.69) is 0 Å². The van der Waals surface area contributed by atoms with E-state index in [1.165, 1.54) is 9.80 Å². The number of hydrogen-bond acceptors (Lipinski definition) is 2. The third-order valence-corrected chi connectivity index (χ3v) is 3.71. The molecular formula is C11H17FN2O3. The Balaban J connectivity index is 2.04. The van der Waals surface area contributed by atoms with Gasteiger partial charge in [-0.05, 0) is 12.8 Å². The molecule has 1 saturated carbocycles. The molecule has 2 aliphatic rings. The number of nitrogens with zero attached hydrogens (tertiary/aromatic N) is 2. The first-order chi connectivity index (χ1) is 7.98. The molecule has 96 valence electrons. The van der Waals surface area contributed by atoms with E-state index >= 15 is 0 Å². The predicted octanol–water partition coefficient (Wildman–Crippen LogP) is 0.947. The largest absolute Gasteiger partial charge is 0.465 e. The number of carbonyl (C=O) groups excluding carboxylic acids is 1. The molecule has 5 nitrogen and oxygen atoms in total. The van der Waals surface area contributed by atoms with Crippen LogP contribution in [0.25, 0.3) is 0 Å². The van der Waals surface area contributed by atoms with Gasteiger partial charge in [-0.25, -0.2) is 9.18 Å². The highest BCUT2D eigenvalue weighted by molar-refractivity contribution is 5.85. The van der Waals surface area contributed by atoms with Gasteiger partial charge in [0.25, 0.3) is 0 Å². The second-order valence-electron chi connectivity index (χ2n) is 5.10. The molecule has 2 fully saturated rings. The topological polar surface area (TPSA) is 60.9 Å². The number of carboxylic acid groups (broad SMARTS) is 1. The van der Waals surface area contributed by atoms with Crippen LogP contribution in [0.4, 0.5) is 9.18 Å². The number of rotatable bonds is 2. The highest BCUT2D eigenvalue weighted by Gasteiger charge is 2.49. The molecule has 1 saturated heterocycles. The molecule has 1 aliphatic carbocycles. The van der Waals surface area contributed by atoms with Gasteiger partial charge < -0.3 is 14.9 Å². The Kier molecular flexibility index (Phi) is 2.97. The van der Waals surface area contributed by atoms with E-state index < -0.39 is 18.8 Å². The second kappa shape index (κ2) is 4.16. The van der Waals surface area contributed by atoms with Crippen molar-refractivity contribution in [3.63, 3.8) is 0 Å². The summed E-state index contributed by atoms with van der Waals surface area (Å²) in [5, 5.41) is 8.85. The summed E-state index contributed by atoms with van der Waals surface area (Å²) in [5.74, 6) is -0.0230. The van der Waals surface area contributed by atoms with Gasteiger partial charge in [-0.1, -0.05) is 6.92 Å². The van der Waals surface area contributed by atoms with Crippen LogP contribution < -0.4 is 0 Å². The van der Waals surface area contributed by atoms with E-state index in [0.29, 0.717) is 6.54 Å². The summed E-state index contributed by atoms with van der Waals surface area (Å²) >= 11 is 0. The van der Waals surface area contributed by atoms with Crippen LogP contribution in [0.5, 0.6) is 0 Å². The highest BCUT2D eigenvalue weighted by Crippen LogP contribution is 2.47. The maximum Gasteiger partial charge on any atom is 0.407 e. The Hall–Kier alpha value is -1.33. The number of halogens is 1. The summed E-state index contributed by atoms with van der Waals surface area (Å²) < 4.78 is 12.9. The molecule has 0 aromatic carbocycles. The van der Waals surface area contributed by atoms with Crippen LogP contribution in [0.3, 0.4) is 0 Å². The first kappa shape index (κ1) is 12.1. The minimum atomic E-state index is -1.05. The monoisotopic (exact) mass is 244 g/mol. The SMILES string of the molecule is CC1(C(=O)N2CCN(C(=O)O)C[C@H]2CF)CC1. The third kappa shape index (κ3) is 2.21. The molecular weight excluding hydrogens is 227 g/mol. The van der Waals surface area contributed by atoms with Gasteiger partial charge in [0.1, 0.15) is 6.67 Å². The number of piperazine rings is 1. The Morgan fingerprint density at radius 1 is 1.41 bits per heavy atom. The Bertz CT molecular complexity index is 344. The predicted molar refractivity (Wildman–Crippen MR) is 58.4 cm³/mol. The van der Waals surface area contributed by atoms with Crippen molar-refractivity contribution in [2.75, 3.05) is 26.3 Å². The third-order valence-electron chi connectivity index (χ3n) is 3.71. The molecule has 1 aliphatic heterocycles. The number of carbonyl (C=O) groups is 2. The van der Waals surface area contributed by atoms with Crippen molar-refractivity contribution in [3.05, 3.63) is 0 Å². The van der Waals surface area contributed by atoms with Crippen molar-refractivity contribution in [1.82, 2.24) is 9.80 Å². The zero-order chi connectivity index (χ0) is 12.6. The molecule has 0 aromatic rings. The lowest BCUT2D eigenvalue weighted by atomic mass is 10.1. The number of alkyl halides is 1. The summed E-state index contributed by atoms with van der Waals surface area (Å²) in [6.07, 6.45) is 0.654. The van der Waals surface area contributed by atoms with Gasteiger partial charge in [0.05, 0.1) is 6.04 Å². The average molecular weight is 244 g/mol. The molecule has 1 heterocycles. The van der Waals surface area contributed by atoms with Crippen molar-refractivity contribution in [1.29, 1.82) is 0 Å². The maximum atomic E-state index is 12.9. The lowest BCUT2D eigenvalue weighted by molar-refractivity contribution is -0.141. The van der Waals surface area contributed by atoms with Crippen molar-refractivity contribution >= 4 is 12.0 Å². The van der Waals surface area contributed by atoms with Crippen molar-refractivity contribution < 1.29 is 19.1 Å². The molecule has 6 heteroatoms. The zero-order valence-corrected chi connectivity index (χ0v) is 9.86. The van der Waals surface area contributed by atoms with E-state index in [9.17, 15) is 14.0 Å². The zero-order valence-electron chi connectivity index (χ0n) is 9.86. The normalized spacial score (nSPS) is 26.8. The van der Waals surface area contributed by atoms with Crippen LogP contribution in [0, 0.1) is 5.41 Å². The Labute approximate surface area is 99.2 Å². The van der Waals surface area contributed by atoms with Gasteiger partial charge in [0, 0.05) is 25.0 Å². The first-order valence-electron chi connectivity index (χ1n) is 5.83. The van der Waals surface area contributed by atoms with Crippen LogP contribution in [-0.2, 0) is 4.79 Å². The van der Waals surface area contributed by atoms with E-state index in [1.54, 1.807) is 0 Å². The fourth-order valence-electron chi connectivity index (χ4n) is 2.18. The van der Waals surface area contributed by atoms with Gasteiger partial charge in [0.2, 0.25) is 5.91 Å². The van der Waals surface area contributed by atoms with Crippen LogP contribution in [-0.4, -0.2) is 59.3 Å². The van der Waals surface area contributed by atoms with Gasteiger partial charge >= 0.3 is 6.09 Å². The minimum absolute atomic E-state index is 0.0230. The highest BCUT2D eigenvalue weighted by atomic mass is 19.1. The second-order valence-corrected chi connectivity index (χ2v) is 5.10. The minimum Gasteiger partial charge on any atom is -0.465 e. The Morgan fingerprint density at radius 3 is 2.53 bits per heavy atom. The molecule has 2 rings (SSSR count). The van der Waals surface area contributed by atoms with Gasteiger partial charge in [0.15, 0.2) is 0 Å². The van der Waals surface area contributed by atoms with Gasteiger partial charge in [-0.3, -0.25) is 4.79 Å². The molecule has 0 radical (unpaired) electrons. The van der Waals surface area contributed by atoms with E-state index in [0.717, 1.165) is 12.8 Å². The van der Waals surface area contributed by atoms with E-state index in [1.807, 2.05) is 6.92 Å². The molecule has 0 spiro atoms. The molecule has 0 unspecified atom stereocenters. The first-order valence-corrected chi connectivity index (χ1v) is 5.83. The summed E-state index contributed by atoms with van der Waals surface area (Å²) in [4.78, 5) is 25.6. The van der Waals surface area contributed by atoms with Crippen LogP contribution in [0.15, 0.2) is 0 Å². The summed E-state index contributed by atoms with van der Waals surface area (Å²) in [7, 11) is 0. The standard InChI is InChI=1S/C11H17FN2O3/c1-11(2-3-11)9(15)14-5-4-13(10(16)17)7-8(14)6-12/h8H,2-7H2,1H3,(H,16,17)/t8-/m1/s1. The summed E-state index contributed by atoms with van der Waals surface area (Å²) in [6.45, 7) is 1.84. The van der Waals surface area contributed by atoms with Crippen molar-refractivity contribution in [2.24, 2.45) is 5.41 Å². The van der Waals surface area contributed by atoms with Crippen LogP contribution >= 0.6 is 0 Å². The molecule has 2 amide bonds. The van der Waals surface area contributed by atoms with Crippen LogP contribution in [0.2, 0.25) is 0 Å². The molecule has 1 atom stereocenters. The van der Waals surface area contributed by atoms with Gasteiger partial charge in [-0.2, -0.15) is 0 Å². The maximum absolute atomic E-state index is 12.9. The lowest BCUT2D eigenvalue weighted by Gasteiger charge is -2.40. The summed E-state index contributed by atoms with van der Waals surface area (Å²) in [5.41, 5.74) is -0.321. The quantitative estimate of drug-likeness (QED) is 0.786. The Morgan fingerprint density at radius 2 is 2.06 bits per heavy atom. The van der Waals surface area contributed by atoms with Crippen molar-refractivity contribution in [2.45, 2.75) is 25.8 Å². The van der Waals surface area contributed by atoms with E-state index in [-0.39, 0.29) is 24.4 Å². The molecule has 1 N–H and O–H groups in total. The van der Waals surface area contributed by atoms with Crippen molar-refractivity contribution in [3.8, 4) is 0 Å². The molecule has 17 heavy (non-hydrogen) atoms. The van der Waals surface area contributed by atoms with Gasteiger partial charge in [-0.15, -0.1) is 0 Å². The smallest absolute Gasteiger partial charge is 0.407 e. The number of hydrogen-bond donors (Lipinski definition) is 1. The molecule has 0 bridgehead atoms. The summed E-state index contributed by atoms with van der Waals surface area (Å²) in [6, 6.07) is -0.621. The lowest BCUT2D eigenvalue weighted by Crippen LogP contribution is -2.58.